The van der Waals surface area contributed by atoms with Crippen LogP contribution < -0.4 is 10.1 Å². The molecule has 2 unspecified atom stereocenters. The maximum absolute atomic E-state index is 12.2. The smallest absolute Gasteiger partial charge is 0.275 e. The lowest BCUT2D eigenvalue weighted by Crippen LogP contribution is -2.41. The monoisotopic (exact) mass is 461 g/mol. The van der Waals surface area contributed by atoms with E-state index in [9.17, 15) is 14.7 Å². The number of carbonyl (C=O) groups is 2. The van der Waals surface area contributed by atoms with Crippen LogP contribution in [0.1, 0.15) is 41.4 Å². The lowest BCUT2D eigenvalue weighted by molar-refractivity contribution is -0.113. The van der Waals surface area contributed by atoms with Gasteiger partial charge in [0.05, 0.1) is 25.7 Å². The third-order valence-electron chi connectivity index (χ3n) is 5.94. The molecule has 9 heteroatoms. The summed E-state index contributed by atoms with van der Waals surface area (Å²) in [6.45, 7) is 2.50. The quantitative estimate of drug-likeness (QED) is 0.441. The predicted octanol–water partition coefficient (Wildman–Crippen LogP) is 3.58. The highest BCUT2D eigenvalue weighted by atomic mass is 16.5. The van der Waals surface area contributed by atoms with Crippen LogP contribution >= 0.6 is 0 Å². The number of benzene rings is 2. The first kappa shape index (κ1) is 23.0. The molecule has 0 bridgehead atoms. The molecule has 1 aromatic heterocycles. The zero-order chi connectivity index (χ0) is 24.1. The maximum atomic E-state index is 12.2. The molecule has 3 aromatic rings. The van der Waals surface area contributed by atoms with Crippen LogP contribution in [0, 0.1) is 5.92 Å². The van der Waals surface area contributed by atoms with Crippen LogP contribution in [0.2, 0.25) is 0 Å². The molecule has 1 aliphatic rings. The number of nitrogens with zero attached hydrogens (tertiary/aromatic N) is 3. The molecule has 4 rings (SSSR count). The van der Waals surface area contributed by atoms with E-state index in [0.717, 1.165) is 29.5 Å². The zero-order valence-electron chi connectivity index (χ0n) is 19.1. The molecule has 0 spiro atoms. The molecule has 0 radical (unpaired) electrons. The number of aromatic hydroxyl groups is 1. The van der Waals surface area contributed by atoms with Crippen molar-refractivity contribution in [3.8, 4) is 11.5 Å². The Morgan fingerprint density at radius 3 is 2.71 bits per heavy atom. The molecule has 9 nitrogen and oxygen atoms in total. The first-order valence-corrected chi connectivity index (χ1v) is 11.1. The minimum atomic E-state index is -0.348. The summed E-state index contributed by atoms with van der Waals surface area (Å²) < 4.78 is 5.15. The molecule has 34 heavy (non-hydrogen) atoms. The number of phenols is 1. The van der Waals surface area contributed by atoms with Crippen molar-refractivity contribution in [2.75, 3.05) is 12.4 Å². The van der Waals surface area contributed by atoms with Crippen LogP contribution in [-0.4, -0.2) is 51.1 Å². The summed E-state index contributed by atoms with van der Waals surface area (Å²) in [5, 5.41) is 19.7. The lowest BCUT2D eigenvalue weighted by Gasteiger charge is -2.35. The normalized spacial score (nSPS) is 17.7. The zero-order valence-corrected chi connectivity index (χ0v) is 19.1. The largest absolute Gasteiger partial charge is 0.504 e. The van der Waals surface area contributed by atoms with Crippen LogP contribution in [0.5, 0.6) is 11.5 Å². The standard InChI is InChI=1S/C25H27N5O4/c1-3-17-10-20(14-31)30(29-24(17)18-6-9-23(34-2)22(32)11-18)13-16-4-7-19(8-5-16)28-25(33)21-12-26-15-27-21/h4-9,11-12,14-15,17,20,32H,3,10,13H2,1-2H3,(H,26,27)(H,28,33). The third kappa shape index (κ3) is 4.93. The number of hydrazone groups is 1. The first-order chi connectivity index (χ1) is 16.5. The van der Waals surface area contributed by atoms with E-state index < -0.39 is 0 Å². The SMILES string of the molecule is CCC1CC(C=O)N(Cc2ccc(NC(=O)c3c[nH]cn3)cc2)N=C1c1ccc(OC)c(O)c1. The Morgan fingerprint density at radius 2 is 2.09 bits per heavy atom. The fourth-order valence-electron chi connectivity index (χ4n) is 4.06. The summed E-state index contributed by atoms with van der Waals surface area (Å²) in [5.74, 6) is 0.247. The maximum Gasteiger partial charge on any atom is 0.275 e. The van der Waals surface area contributed by atoms with Gasteiger partial charge < -0.3 is 24.9 Å². The van der Waals surface area contributed by atoms with Gasteiger partial charge in [-0.2, -0.15) is 5.10 Å². The summed E-state index contributed by atoms with van der Waals surface area (Å²) in [6, 6.07) is 12.3. The number of hydrogen-bond acceptors (Lipinski definition) is 7. The van der Waals surface area contributed by atoms with Gasteiger partial charge in [0.1, 0.15) is 18.0 Å². The van der Waals surface area contributed by atoms with Gasteiger partial charge in [0.25, 0.3) is 5.91 Å². The average Bonchev–Trinajstić information content (AvgIpc) is 3.40. The Bertz CT molecular complexity index is 1170. The Labute approximate surface area is 197 Å². The Morgan fingerprint density at radius 1 is 1.29 bits per heavy atom. The second-order valence-electron chi connectivity index (χ2n) is 8.12. The van der Waals surface area contributed by atoms with Gasteiger partial charge in [-0.3, -0.25) is 9.80 Å². The topological polar surface area (TPSA) is 120 Å². The van der Waals surface area contributed by atoms with Crippen LogP contribution in [-0.2, 0) is 11.3 Å². The Hall–Kier alpha value is -4.14. The number of imidazole rings is 1. The predicted molar refractivity (Wildman–Crippen MR) is 128 cm³/mol. The van der Waals surface area contributed by atoms with E-state index in [1.807, 2.05) is 18.2 Å². The number of amides is 1. The Balaban J connectivity index is 1.54. The number of methoxy groups -OCH3 is 1. The summed E-state index contributed by atoms with van der Waals surface area (Å²) in [6.07, 6.45) is 5.39. The number of H-pyrrole nitrogens is 1. The van der Waals surface area contributed by atoms with E-state index in [2.05, 4.69) is 22.2 Å². The van der Waals surface area contributed by atoms with Crippen molar-refractivity contribution in [3.63, 3.8) is 0 Å². The number of aldehydes is 1. The van der Waals surface area contributed by atoms with Crippen molar-refractivity contribution in [1.29, 1.82) is 0 Å². The van der Waals surface area contributed by atoms with Gasteiger partial charge in [0.2, 0.25) is 0 Å². The van der Waals surface area contributed by atoms with E-state index >= 15 is 0 Å². The van der Waals surface area contributed by atoms with Crippen LogP contribution in [0.4, 0.5) is 5.69 Å². The van der Waals surface area contributed by atoms with Gasteiger partial charge in [0, 0.05) is 23.4 Å². The average molecular weight is 462 g/mol. The lowest BCUT2D eigenvalue weighted by atomic mass is 9.87. The minimum absolute atomic E-state index is 0.0501. The van der Waals surface area contributed by atoms with Crippen molar-refractivity contribution < 1.29 is 19.4 Å². The van der Waals surface area contributed by atoms with Crippen LogP contribution in [0.25, 0.3) is 0 Å². The number of carbonyl (C=O) groups excluding carboxylic acids is 2. The highest BCUT2D eigenvalue weighted by Crippen LogP contribution is 2.32. The molecule has 0 saturated heterocycles. The number of rotatable bonds is 8. The molecule has 3 N–H and O–H groups in total. The number of nitrogens with one attached hydrogen (secondary N) is 2. The molecule has 176 valence electrons. The second kappa shape index (κ2) is 10.2. The van der Waals surface area contributed by atoms with E-state index in [-0.39, 0.29) is 23.6 Å². The third-order valence-corrected chi connectivity index (χ3v) is 5.94. The van der Waals surface area contributed by atoms with E-state index in [0.29, 0.717) is 30.1 Å². The molecule has 0 saturated carbocycles. The number of ether oxygens (including phenoxy) is 1. The van der Waals surface area contributed by atoms with Crippen molar-refractivity contribution in [2.45, 2.75) is 32.4 Å². The summed E-state index contributed by atoms with van der Waals surface area (Å²) in [4.78, 5) is 30.7. The molecular formula is C25H27N5O4. The fraction of sp³-hybridized carbons (Fsp3) is 0.280. The van der Waals surface area contributed by atoms with Crippen molar-refractivity contribution in [2.24, 2.45) is 11.0 Å². The number of anilines is 1. The number of hydrogen-bond donors (Lipinski definition) is 3. The fourth-order valence-corrected chi connectivity index (χ4v) is 4.06. The molecule has 2 aromatic carbocycles. The van der Waals surface area contributed by atoms with Gasteiger partial charge in [-0.15, -0.1) is 0 Å². The minimum Gasteiger partial charge on any atom is -0.504 e. The summed E-state index contributed by atoms with van der Waals surface area (Å²) >= 11 is 0. The van der Waals surface area contributed by atoms with Gasteiger partial charge in [-0.05, 0) is 48.7 Å². The molecule has 2 atom stereocenters. The van der Waals surface area contributed by atoms with Crippen LogP contribution in [0.3, 0.4) is 0 Å². The highest BCUT2D eigenvalue weighted by Gasteiger charge is 2.31. The molecule has 0 aliphatic carbocycles. The molecule has 1 aliphatic heterocycles. The van der Waals surface area contributed by atoms with Crippen molar-refractivity contribution in [3.05, 3.63) is 71.8 Å². The van der Waals surface area contributed by atoms with Gasteiger partial charge >= 0.3 is 0 Å². The second-order valence-corrected chi connectivity index (χ2v) is 8.12. The summed E-state index contributed by atoms with van der Waals surface area (Å²) in [7, 11) is 1.51. The molecule has 1 amide bonds. The summed E-state index contributed by atoms with van der Waals surface area (Å²) in [5.41, 5.74) is 3.53. The van der Waals surface area contributed by atoms with Gasteiger partial charge in [0.15, 0.2) is 11.5 Å². The van der Waals surface area contributed by atoms with E-state index in [4.69, 9.17) is 9.84 Å². The van der Waals surface area contributed by atoms with Crippen molar-refractivity contribution >= 4 is 23.6 Å². The first-order valence-electron chi connectivity index (χ1n) is 11.1. The molecular weight excluding hydrogens is 434 g/mol. The number of aromatic nitrogens is 2. The number of aromatic amines is 1. The highest BCUT2D eigenvalue weighted by molar-refractivity contribution is 6.03. The van der Waals surface area contributed by atoms with E-state index in [1.165, 1.54) is 19.6 Å². The van der Waals surface area contributed by atoms with E-state index in [1.54, 1.807) is 29.3 Å². The molecule has 2 heterocycles. The van der Waals surface area contributed by atoms with Gasteiger partial charge in [-0.25, -0.2) is 4.98 Å². The Kier molecular flexibility index (Phi) is 6.91. The van der Waals surface area contributed by atoms with Crippen molar-refractivity contribution in [1.82, 2.24) is 15.0 Å². The number of phenolic OH excluding ortho intramolecular Hbond substituents is 1. The van der Waals surface area contributed by atoms with Gasteiger partial charge in [-0.1, -0.05) is 19.1 Å². The van der Waals surface area contributed by atoms with Crippen LogP contribution in [0.15, 0.2) is 60.1 Å². The molecule has 0 fully saturated rings.